The van der Waals surface area contributed by atoms with Gasteiger partial charge in [-0.05, 0) is 46.2 Å². The van der Waals surface area contributed by atoms with Gasteiger partial charge in [0.25, 0.3) is 5.91 Å². The summed E-state index contributed by atoms with van der Waals surface area (Å²) < 4.78 is 10.1. The van der Waals surface area contributed by atoms with Crippen LogP contribution in [0.5, 0.6) is 0 Å². The summed E-state index contributed by atoms with van der Waals surface area (Å²) in [6.07, 6.45) is -0.933. The van der Waals surface area contributed by atoms with E-state index in [-0.39, 0.29) is 5.56 Å². The lowest BCUT2D eigenvalue weighted by Crippen LogP contribution is -2.30. The Morgan fingerprint density at radius 2 is 1.91 bits per heavy atom. The normalized spacial score (nSPS) is 11.9. The number of nitrogens with one attached hydrogen (secondary N) is 1. The Kier molecular flexibility index (Phi) is 4.83. The maximum atomic E-state index is 12.2. The van der Waals surface area contributed by atoms with Crippen LogP contribution in [0.3, 0.4) is 0 Å². The highest BCUT2D eigenvalue weighted by Gasteiger charge is 2.24. The van der Waals surface area contributed by atoms with Gasteiger partial charge < -0.3 is 14.6 Å². The molecular weight excluding hydrogens is 296 g/mol. The number of ether oxygens (including phenoxy) is 1. The number of esters is 1. The number of carbonyl (C=O) groups is 2. The monoisotopic (exact) mass is 316 g/mol. The van der Waals surface area contributed by atoms with Crippen LogP contribution in [0.25, 0.3) is 0 Å². The van der Waals surface area contributed by atoms with E-state index in [2.05, 4.69) is 10.5 Å². The number of hydrogen-bond donors (Lipinski definition) is 1. The van der Waals surface area contributed by atoms with Crippen molar-refractivity contribution >= 4 is 17.6 Å². The summed E-state index contributed by atoms with van der Waals surface area (Å²) >= 11 is 0. The molecule has 0 unspecified atom stereocenters. The average Bonchev–Trinajstić information content (AvgIpc) is 2.81. The van der Waals surface area contributed by atoms with E-state index in [1.165, 1.54) is 6.92 Å². The van der Waals surface area contributed by atoms with Gasteiger partial charge in [0.2, 0.25) is 0 Å². The molecule has 0 aliphatic carbocycles. The summed E-state index contributed by atoms with van der Waals surface area (Å²) in [4.78, 5) is 24.3. The molecule has 1 atom stereocenters. The SMILES string of the molecule is Cc1ccc(NC(=O)[C@H](C)OC(=O)c2c(C)noc2C)c(C)c1. The van der Waals surface area contributed by atoms with E-state index in [1.807, 2.05) is 32.0 Å². The van der Waals surface area contributed by atoms with Gasteiger partial charge in [-0.2, -0.15) is 0 Å². The van der Waals surface area contributed by atoms with Crippen LogP contribution in [-0.2, 0) is 9.53 Å². The number of aryl methyl sites for hydroxylation is 4. The van der Waals surface area contributed by atoms with Gasteiger partial charge in [-0.1, -0.05) is 22.9 Å². The standard InChI is InChI=1S/C17H20N2O4/c1-9-6-7-14(10(2)8-9)18-16(20)13(5)22-17(21)15-11(3)19-23-12(15)4/h6-8,13H,1-5H3,(H,18,20)/t13-/m0/s1. The molecule has 1 N–H and O–H groups in total. The van der Waals surface area contributed by atoms with Crippen molar-refractivity contribution in [1.29, 1.82) is 0 Å². The molecule has 0 aliphatic rings. The molecule has 1 amide bonds. The third kappa shape index (κ3) is 3.77. The van der Waals surface area contributed by atoms with E-state index in [0.717, 1.165) is 11.1 Å². The van der Waals surface area contributed by atoms with Crippen LogP contribution in [0.15, 0.2) is 22.7 Å². The van der Waals surface area contributed by atoms with Gasteiger partial charge in [0.05, 0.1) is 5.69 Å². The maximum Gasteiger partial charge on any atom is 0.344 e. The number of hydrogen-bond acceptors (Lipinski definition) is 5. The molecular formula is C17H20N2O4. The Hall–Kier alpha value is -2.63. The van der Waals surface area contributed by atoms with E-state index >= 15 is 0 Å². The van der Waals surface area contributed by atoms with Crippen LogP contribution in [-0.4, -0.2) is 23.1 Å². The molecule has 0 saturated carbocycles. The van der Waals surface area contributed by atoms with Gasteiger partial charge in [0, 0.05) is 5.69 Å². The fraction of sp³-hybridized carbons (Fsp3) is 0.353. The van der Waals surface area contributed by atoms with E-state index < -0.39 is 18.0 Å². The van der Waals surface area contributed by atoms with Crippen LogP contribution in [0.1, 0.15) is 39.9 Å². The highest BCUT2D eigenvalue weighted by atomic mass is 16.5. The van der Waals surface area contributed by atoms with Crippen LogP contribution < -0.4 is 5.32 Å². The summed E-state index contributed by atoms with van der Waals surface area (Å²) in [5.74, 6) is -0.643. The zero-order chi connectivity index (χ0) is 17.1. The molecule has 122 valence electrons. The fourth-order valence-electron chi connectivity index (χ4n) is 2.24. The zero-order valence-corrected chi connectivity index (χ0v) is 13.9. The number of nitrogens with zero attached hydrogens (tertiary/aromatic N) is 1. The van der Waals surface area contributed by atoms with Crippen molar-refractivity contribution in [2.75, 3.05) is 5.32 Å². The second-order valence-corrected chi connectivity index (χ2v) is 5.55. The molecule has 0 fully saturated rings. The van der Waals surface area contributed by atoms with Gasteiger partial charge in [-0.15, -0.1) is 0 Å². The molecule has 1 aromatic carbocycles. The number of rotatable bonds is 4. The number of anilines is 1. The molecule has 0 saturated heterocycles. The molecule has 2 rings (SSSR count). The second kappa shape index (κ2) is 6.64. The lowest BCUT2D eigenvalue weighted by atomic mass is 10.1. The molecule has 2 aromatic rings. The first-order valence-electron chi connectivity index (χ1n) is 7.31. The topological polar surface area (TPSA) is 81.4 Å². The summed E-state index contributed by atoms with van der Waals surface area (Å²) in [5.41, 5.74) is 3.45. The third-order valence-electron chi connectivity index (χ3n) is 3.53. The summed E-state index contributed by atoms with van der Waals surface area (Å²) in [6, 6.07) is 5.70. The molecule has 0 spiro atoms. The van der Waals surface area contributed by atoms with Crippen LogP contribution in [0.4, 0.5) is 5.69 Å². The predicted octanol–water partition coefficient (Wildman–Crippen LogP) is 3.09. The summed E-state index contributed by atoms with van der Waals surface area (Å²) in [6.45, 7) is 8.68. The molecule has 0 aliphatic heterocycles. The Morgan fingerprint density at radius 3 is 2.48 bits per heavy atom. The van der Waals surface area contributed by atoms with Crippen LogP contribution in [0, 0.1) is 27.7 Å². The Balaban J connectivity index is 2.04. The number of carbonyl (C=O) groups excluding carboxylic acids is 2. The first-order valence-corrected chi connectivity index (χ1v) is 7.31. The second-order valence-electron chi connectivity index (χ2n) is 5.55. The molecule has 1 heterocycles. The van der Waals surface area contributed by atoms with E-state index in [1.54, 1.807) is 13.8 Å². The Morgan fingerprint density at radius 1 is 1.22 bits per heavy atom. The van der Waals surface area contributed by atoms with Crippen molar-refractivity contribution < 1.29 is 18.8 Å². The highest BCUT2D eigenvalue weighted by Crippen LogP contribution is 2.18. The molecule has 6 heteroatoms. The number of aromatic nitrogens is 1. The van der Waals surface area contributed by atoms with Crippen molar-refractivity contribution in [3.05, 3.63) is 46.3 Å². The lowest BCUT2D eigenvalue weighted by Gasteiger charge is -2.15. The van der Waals surface area contributed by atoms with Crippen molar-refractivity contribution in [2.45, 2.75) is 40.7 Å². The number of amides is 1. The maximum absolute atomic E-state index is 12.2. The smallest absolute Gasteiger partial charge is 0.344 e. The minimum absolute atomic E-state index is 0.260. The molecule has 1 aromatic heterocycles. The summed E-state index contributed by atoms with van der Waals surface area (Å²) in [7, 11) is 0. The van der Waals surface area contributed by atoms with Crippen molar-refractivity contribution in [2.24, 2.45) is 0 Å². The van der Waals surface area contributed by atoms with E-state index in [0.29, 0.717) is 17.1 Å². The Labute approximate surface area is 134 Å². The first kappa shape index (κ1) is 16.7. The third-order valence-corrected chi connectivity index (χ3v) is 3.53. The van der Waals surface area contributed by atoms with E-state index in [4.69, 9.17) is 9.26 Å². The average molecular weight is 316 g/mol. The van der Waals surface area contributed by atoms with Crippen molar-refractivity contribution in [1.82, 2.24) is 5.16 Å². The Bertz CT molecular complexity index is 730. The fourth-order valence-corrected chi connectivity index (χ4v) is 2.24. The van der Waals surface area contributed by atoms with Crippen LogP contribution >= 0.6 is 0 Å². The van der Waals surface area contributed by atoms with Crippen molar-refractivity contribution in [3.63, 3.8) is 0 Å². The minimum atomic E-state index is -0.933. The number of benzene rings is 1. The van der Waals surface area contributed by atoms with Gasteiger partial charge in [0.15, 0.2) is 6.10 Å². The summed E-state index contributed by atoms with van der Waals surface area (Å²) in [5, 5.41) is 6.46. The zero-order valence-electron chi connectivity index (χ0n) is 13.9. The van der Waals surface area contributed by atoms with Gasteiger partial charge in [-0.3, -0.25) is 4.79 Å². The minimum Gasteiger partial charge on any atom is -0.449 e. The van der Waals surface area contributed by atoms with Gasteiger partial charge >= 0.3 is 5.97 Å². The molecule has 23 heavy (non-hydrogen) atoms. The highest BCUT2D eigenvalue weighted by molar-refractivity contribution is 5.98. The molecule has 0 radical (unpaired) electrons. The molecule has 0 bridgehead atoms. The lowest BCUT2D eigenvalue weighted by molar-refractivity contribution is -0.123. The quantitative estimate of drug-likeness (QED) is 0.877. The van der Waals surface area contributed by atoms with E-state index in [9.17, 15) is 9.59 Å². The molecule has 6 nitrogen and oxygen atoms in total. The predicted molar refractivity (Wildman–Crippen MR) is 85.4 cm³/mol. The van der Waals surface area contributed by atoms with Crippen molar-refractivity contribution in [3.8, 4) is 0 Å². The largest absolute Gasteiger partial charge is 0.449 e. The first-order chi connectivity index (χ1) is 10.8. The van der Waals surface area contributed by atoms with Gasteiger partial charge in [-0.25, -0.2) is 4.79 Å². The van der Waals surface area contributed by atoms with Gasteiger partial charge in [0.1, 0.15) is 11.3 Å². The van der Waals surface area contributed by atoms with Crippen LogP contribution in [0.2, 0.25) is 0 Å².